The van der Waals surface area contributed by atoms with Gasteiger partial charge in [0.25, 0.3) is 10.0 Å². The van der Waals surface area contributed by atoms with Crippen LogP contribution >= 0.6 is 0 Å². The fourth-order valence-corrected chi connectivity index (χ4v) is 5.44. The van der Waals surface area contributed by atoms with Crippen LogP contribution in [0, 0.1) is 0 Å². The van der Waals surface area contributed by atoms with Crippen molar-refractivity contribution >= 4 is 31.8 Å². The van der Waals surface area contributed by atoms with Crippen LogP contribution in [0.3, 0.4) is 0 Å². The summed E-state index contributed by atoms with van der Waals surface area (Å²) in [6.07, 6.45) is 5.32. The highest BCUT2D eigenvalue weighted by Gasteiger charge is 2.25. The van der Waals surface area contributed by atoms with Gasteiger partial charge >= 0.3 is 0 Å². The summed E-state index contributed by atoms with van der Waals surface area (Å²) in [5.74, 6) is 0. The SMILES string of the molecule is O=S(=O)(/C=C/c1ccccc1)Nc1ccc(S(=O)(=O)N2CCCCCC2)cc1. The molecule has 0 atom stereocenters. The minimum absolute atomic E-state index is 0.178. The van der Waals surface area contributed by atoms with Gasteiger partial charge in [-0.25, -0.2) is 16.8 Å². The third-order valence-electron chi connectivity index (χ3n) is 4.56. The van der Waals surface area contributed by atoms with E-state index in [9.17, 15) is 16.8 Å². The Morgan fingerprint density at radius 2 is 1.39 bits per heavy atom. The molecule has 0 unspecified atom stereocenters. The maximum atomic E-state index is 12.8. The van der Waals surface area contributed by atoms with Gasteiger partial charge in [0, 0.05) is 18.8 Å². The van der Waals surface area contributed by atoms with Crippen molar-refractivity contribution in [2.75, 3.05) is 17.8 Å². The number of rotatable bonds is 6. The number of anilines is 1. The summed E-state index contributed by atoms with van der Waals surface area (Å²) in [5, 5.41) is 1.09. The van der Waals surface area contributed by atoms with Crippen molar-refractivity contribution in [2.24, 2.45) is 0 Å². The zero-order valence-corrected chi connectivity index (χ0v) is 17.1. The van der Waals surface area contributed by atoms with Crippen molar-refractivity contribution in [1.82, 2.24) is 4.31 Å². The Morgan fingerprint density at radius 1 is 0.786 bits per heavy atom. The average Bonchev–Trinajstić information content (AvgIpc) is 2.98. The van der Waals surface area contributed by atoms with Gasteiger partial charge in [-0.1, -0.05) is 43.2 Å². The molecule has 1 saturated heterocycles. The fraction of sp³-hybridized carbons (Fsp3) is 0.300. The minimum Gasteiger partial charge on any atom is -0.280 e. The van der Waals surface area contributed by atoms with Crippen LogP contribution < -0.4 is 4.72 Å². The van der Waals surface area contributed by atoms with Crippen LogP contribution in [0.5, 0.6) is 0 Å². The van der Waals surface area contributed by atoms with Crippen molar-refractivity contribution in [1.29, 1.82) is 0 Å². The zero-order valence-electron chi connectivity index (χ0n) is 15.5. The molecule has 2 aromatic carbocycles. The predicted octanol–water partition coefficient (Wildman–Crippen LogP) is 3.66. The highest BCUT2D eigenvalue weighted by atomic mass is 32.2. The molecule has 1 heterocycles. The molecule has 0 radical (unpaired) electrons. The van der Waals surface area contributed by atoms with Gasteiger partial charge in [0.2, 0.25) is 10.0 Å². The van der Waals surface area contributed by atoms with Gasteiger partial charge in [0.15, 0.2) is 0 Å². The Kier molecular flexibility index (Phi) is 6.53. The maximum Gasteiger partial charge on any atom is 0.255 e. The van der Waals surface area contributed by atoms with E-state index in [2.05, 4.69) is 4.72 Å². The monoisotopic (exact) mass is 420 g/mol. The number of hydrogen-bond donors (Lipinski definition) is 1. The molecule has 8 heteroatoms. The first kappa shape index (κ1) is 20.6. The van der Waals surface area contributed by atoms with E-state index in [0.29, 0.717) is 18.8 Å². The molecule has 28 heavy (non-hydrogen) atoms. The van der Waals surface area contributed by atoms with Crippen molar-refractivity contribution in [3.05, 3.63) is 65.6 Å². The summed E-state index contributed by atoms with van der Waals surface area (Å²) in [6, 6.07) is 14.9. The molecule has 150 valence electrons. The van der Waals surface area contributed by atoms with Crippen molar-refractivity contribution in [3.63, 3.8) is 0 Å². The molecule has 0 aromatic heterocycles. The third kappa shape index (κ3) is 5.43. The van der Waals surface area contributed by atoms with Gasteiger partial charge in [-0.05, 0) is 48.7 Å². The number of hydrogen-bond acceptors (Lipinski definition) is 4. The molecular weight excluding hydrogens is 396 g/mol. The van der Waals surface area contributed by atoms with Crippen molar-refractivity contribution in [2.45, 2.75) is 30.6 Å². The second kappa shape index (κ2) is 8.89. The van der Waals surface area contributed by atoms with Gasteiger partial charge in [0.1, 0.15) is 0 Å². The largest absolute Gasteiger partial charge is 0.280 e. The van der Waals surface area contributed by atoms with Crippen LogP contribution in [0.15, 0.2) is 64.9 Å². The van der Waals surface area contributed by atoms with Gasteiger partial charge in [-0.3, -0.25) is 4.72 Å². The molecular formula is C20H24N2O4S2. The number of nitrogens with one attached hydrogen (secondary N) is 1. The third-order valence-corrected chi connectivity index (χ3v) is 7.48. The molecule has 0 aliphatic carbocycles. The number of nitrogens with zero attached hydrogens (tertiary/aromatic N) is 1. The topological polar surface area (TPSA) is 83.5 Å². The maximum absolute atomic E-state index is 12.8. The molecule has 0 spiro atoms. The standard InChI is InChI=1S/C20H24N2O4S2/c23-27(24,17-14-18-8-4-3-5-9-18)21-19-10-12-20(13-11-19)28(25,26)22-15-6-1-2-7-16-22/h3-5,8-14,17,21H,1-2,6-7,15-16H2/b17-14+. The summed E-state index contributed by atoms with van der Waals surface area (Å²) < 4.78 is 53.9. The van der Waals surface area contributed by atoms with E-state index in [1.807, 2.05) is 18.2 Å². The first-order valence-electron chi connectivity index (χ1n) is 9.23. The Balaban J connectivity index is 1.70. The van der Waals surface area contributed by atoms with Crippen LogP contribution in [0.25, 0.3) is 6.08 Å². The lowest BCUT2D eigenvalue weighted by Gasteiger charge is -2.20. The van der Waals surface area contributed by atoms with Crippen LogP contribution in [-0.4, -0.2) is 34.2 Å². The van der Waals surface area contributed by atoms with Crippen LogP contribution in [0.1, 0.15) is 31.2 Å². The summed E-state index contributed by atoms with van der Waals surface area (Å²) in [4.78, 5) is 0.178. The lowest BCUT2D eigenvalue weighted by molar-refractivity contribution is 0.424. The molecule has 1 aliphatic heterocycles. The summed E-state index contributed by atoms with van der Waals surface area (Å²) in [7, 11) is -7.25. The van der Waals surface area contributed by atoms with Crippen LogP contribution in [-0.2, 0) is 20.0 Å². The lowest BCUT2D eigenvalue weighted by Crippen LogP contribution is -2.31. The van der Waals surface area contributed by atoms with Crippen molar-refractivity contribution in [3.8, 4) is 0 Å². The lowest BCUT2D eigenvalue weighted by atomic mass is 10.2. The van der Waals surface area contributed by atoms with E-state index in [-0.39, 0.29) is 4.90 Å². The highest BCUT2D eigenvalue weighted by Crippen LogP contribution is 2.22. The Labute approximate surface area is 167 Å². The predicted molar refractivity (Wildman–Crippen MR) is 112 cm³/mol. The summed E-state index contributed by atoms with van der Waals surface area (Å²) in [6.45, 7) is 1.06. The molecule has 6 nitrogen and oxygen atoms in total. The normalized spacial score (nSPS) is 16.7. The first-order valence-corrected chi connectivity index (χ1v) is 12.2. The van der Waals surface area contributed by atoms with E-state index in [1.165, 1.54) is 34.6 Å². The van der Waals surface area contributed by atoms with E-state index >= 15 is 0 Å². The molecule has 0 saturated carbocycles. The van der Waals surface area contributed by atoms with Crippen LogP contribution in [0.2, 0.25) is 0 Å². The Bertz CT molecular complexity index is 1010. The second-order valence-electron chi connectivity index (χ2n) is 6.70. The molecule has 0 bridgehead atoms. The van der Waals surface area contributed by atoms with Crippen molar-refractivity contribution < 1.29 is 16.8 Å². The Morgan fingerprint density at radius 3 is 2.00 bits per heavy atom. The zero-order chi connectivity index (χ0) is 20.0. The first-order chi connectivity index (χ1) is 13.4. The van der Waals surface area contributed by atoms with Crippen LogP contribution in [0.4, 0.5) is 5.69 Å². The van der Waals surface area contributed by atoms with Gasteiger partial charge in [-0.2, -0.15) is 4.31 Å². The smallest absolute Gasteiger partial charge is 0.255 e. The molecule has 1 fully saturated rings. The Hall–Kier alpha value is -2.16. The van der Waals surface area contributed by atoms with Gasteiger partial charge in [0.05, 0.1) is 10.3 Å². The average molecular weight is 421 g/mol. The summed E-state index contributed by atoms with van der Waals surface area (Å²) >= 11 is 0. The van der Waals surface area contributed by atoms with Gasteiger partial charge < -0.3 is 0 Å². The van der Waals surface area contributed by atoms with E-state index in [4.69, 9.17) is 0 Å². The number of sulfonamides is 2. The van der Waals surface area contributed by atoms with E-state index in [1.54, 1.807) is 12.1 Å². The van der Waals surface area contributed by atoms with E-state index in [0.717, 1.165) is 36.7 Å². The number of benzene rings is 2. The molecule has 0 amide bonds. The minimum atomic E-state index is -3.70. The van der Waals surface area contributed by atoms with Gasteiger partial charge in [-0.15, -0.1) is 0 Å². The molecule has 1 aliphatic rings. The van der Waals surface area contributed by atoms with E-state index < -0.39 is 20.0 Å². The fourth-order valence-electron chi connectivity index (χ4n) is 3.06. The second-order valence-corrected chi connectivity index (χ2v) is 10.2. The molecule has 2 aromatic rings. The molecule has 3 rings (SSSR count). The molecule has 1 N–H and O–H groups in total. The highest BCUT2D eigenvalue weighted by molar-refractivity contribution is 7.95. The summed E-state index contributed by atoms with van der Waals surface area (Å²) in [5.41, 5.74) is 1.08. The quantitative estimate of drug-likeness (QED) is 0.773.